The maximum Gasteiger partial charge on any atom is 0.117 e. The lowest BCUT2D eigenvalue weighted by Gasteiger charge is -1.87. The van der Waals surface area contributed by atoms with Crippen LogP contribution in [0, 0.1) is 0 Å². The van der Waals surface area contributed by atoms with Crippen LogP contribution in [0.25, 0.3) is 0 Å². The van der Waals surface area contributed by atoms with E-state index in [0.29, 0.717) is 13.1 Å². The standard InChI is InChI=1S/C6H10N2O/c7-3-5-1-2-6(4-8)9-5/h1-2H,3-4,7-8H2/i5+1. The molecular weight excluding hydrogens is 117 g/mol. The second-order valence-corrected chi connectivity index (χ2v) is 1.78. The molecule has 0 saturated heterocycles. The molecule has 0 amide bonds. The van der Waals surface area contributed by atoms with Crippen LogP contribution in [0.1, 0.15) is 11.5 Å². The van der Waals surface area contributed by atoms with Gasteiger partial charge in [-0.1, -0.05) is 0 Å². The average molecular weight is 127 g/mol. The fraction of sp³-hybridized carbons (Fsp3) is 0.333. The van der Waals surface area contributed by atoms with Crippen molar-refractivity contribution < 1.29 is 4.42 Å². The van der Waals surface area contributed by atoms with Gasteiger partial charge in [-0.25, -0.2) is 0 Å². The summed E-state index contributed by atoms with van der Waals surface area (Å²) in [6.07, 6.45) is 0. The maximum absolute atomic E-state index is 5.28. The zero-order valence-electron chi connectivity index (χ0n) is 5.13. The summed E-state index contributed by atoms with van der Waals surface area (Å²) >= 11 is 0. The van der Waals surface area contributed by atoms with Gasteiger partial charge in [0.25, 0.3) is 0 Å². The lowest BCUT2D eigenvalue weighted by molar-refractivity contribution is 0.468. The first-order valence-corrected chi connectivity index (χ1v) is 2.84. The zero-order valence-corrected chi connectivity index (χ0v) is 5.13. The van der Waals surface area contributed by atoms with Crippen molar-refractivity contribution in [1.82, 2.24) is 0 Å². The van der Waals surface area contributed by atoms with Crippen LogP contribution in [-0.4, -0.2) is 0 Å². The highest BCUT2D eigenvalue weighted by atomic mass is 16.4. The molecule has 0 unspecified atom stereocenters. The number of furan rings is 1. The molecule has 0 aliphatic heterocycles. The van der Waals surface area contributed by atoms with Crippen molar-refractivity contribution in [3.8, 4) is 0 Å². The Balaban J connectivity index is 2.74. The van der Waals surface area contributed by atoms with E-state index in [9.17, 15) is 0 Å². The molecule has 1 aromatic rings. The predicted octanol–water partition coefficient (Wildman–Crippen LogP) is 0.197. The predicted molar refractivity (Wildman–Crippen MR) is 34.5 cm³/mol. The minimum absolute atomic E-state index is 0.444. The molecule has 0 atom stereocenters. The first-order chi connectivity index (χ1) is 4.36. The number of rotatable bonds is 2. The third kappa shape index (κ3) is 1.31. The third-order valence-corrected chi connectivity index (χ3v) is 1.12. The smallest absolute Gasteiger partial charge is 0.117 e. The molecule has 0 aliphatic carbocycles. The van der Waals surface area contributed by atoms with Gasteiger partial charge in [0.15, 0.2) is 0 Å². The van der Waals surface area contributed by atoms with E-state index >= 15 is 0 Å². The van der Waals surface area contributed by atoms with Crippen molar-refractivity contribution in [3.63, 3.8) is 0 Å². The van der Waals surface area contributed by atoms with E-state index in [1.807, 2.05) is 12.1 Å². The summed E-state index contributed by atoms with van der Waals surface area (Å²) in [5.41, 5.74) is 10.6. The molecule has 0 radical (unpaired) electrons. The van der Waals surface area contributed by atoms with Gasteiger partial charge >= 0.3 is 0 Å². The summed E-state index contributed by atoms with van der Waals surface area (Å²) < 4.78 is 5.13. The van der Waals surface area contributed by atoms with E-state index in [1.165, 1.54) is 0 Å². The Morgan fingerprint density at radius 1 is 1.11 bits per heavy atom. The molecule has 4 N–H and O–H groups in total. The molecule has 0 spiro atoms. The Morgan fingerprint density at radius 3 is 1.78 bits per heavy atom. The topological polar surface area (TPSA) is 65.2 Å². The van der Waals surface area contributed by atoms with E-state index in [2.05, 4.69) is 0 Å². The molecule has 0 fully saturated rings. The van der Waals surface area contributed by atoms with Gasteiger partial charge in [-0.2, -0.15) is 0 Å². The summed E-state index contributed by atoms with van der Waals surface area (Å²) in [6.45, 7) is 0.889. The first kappa shape index (κ1) is 6.32. The van der Waals surface area contributed by atoms with Crippen molar-refractivity contribution in [1.29, 1.82) is 0 Å². The Labute approximate surface area is 53.6 Å². The summed E-state index contributed by atoms with van der Waals surface area (Å²) in [4.78, 5) is 0. The van der Waals surface area contributed by atoms with Crippen LogP contribution in [0.15, 0.2) is 16.5 Å². The summed E-state index contributed by atoms with van der Waals surface area (Å²) in [5.74, 6) is 1.57. The second-order valence-electron chi connectivity index (χ2n) is 1.78. The minimum Gasteiger partial charge on any atom is -0.463 e. The van der Waals surface area contributed by atoms with E-state index in [1.54, 1.807) is 0 Å². The molecule has 3 heteroatoms. The molecular formula is C6H10N2O. The van der Waals surface area contributed by atoms with Crippen LogP contribution < -0.4 is 11.5 Å². The molecule has 50 valence electrons. The summed E-state index contributed by atoms with van der Waals surface area (Å²) in [6, 6.07) is 3.67. The minimum atomic E-state index is 0.444. The first-order valence-electron chi connectivity index (χ1n) is 2.84. The second kappa shape index (κ2) is 2.66. The van der Waals surface area contributed by atoms with Gasteiger partial charge in [0, 0.05) is 0 Å². The average Bonchev–Trinajstić information content (AvgIpc) is 2.34. The molecule has 0 aromatic carbocycles. The molecule has 1 heterocycles. The fourth-order valence-electron chi connectivity index (χ4n) is 0.642. The lowest BCUT2D eigenvalue weighted by atomic mass is 10.5. The molecule has 0 bridgehead atoms. The lowest BCUT2D eigenvalue weighted by Crippen LogP contribution is -1.95. The van der Waals surface area contributed by atoms with Gasteiger partial charge in [-0.3, -0.25) is 0 Å². The van der Waals surface area contributed by atoms with E-state index in [-0.39, 0.29) is 0 Å². The molecule has 1 rings (SSSR count). The van der Waals surface area contributed by atoms with Gasteiger partial charge in [0.2, 0.25) is 0 Å². The highest BCUT2D eigenvalue weighted by Crippen LogP contribution is 2.04. The molecule has 9 heavy (non-hydrogen) atoms. The summed E-state index contributed by atoms with van der Waals surface area (Å²) in [7, 11) is 0. The van der Waals surface area contributed by atoms with Crippen molar-refractivity contribution in [2.24, 2.45) is 11.5 Å². The van der Waals surface area contributed by atoms with Crippen LogP contribution in [0.3, 0.4) is 0 Å². The van der Waals surface area contributed by atoms with Crippen molar-refractivity contribution >= 4 is 0 Å². The van der Waals surface area contributed by atoms with Gasteiger partial charge in [0.1, 0.15) is 11.5 Å². The van der Waals surface area contributed by atoms with E-state index in [4.69, 9.17) is 15.9 Å². The van der Waals surface area contributed by atoms with Crippen LogP contribution in [0.5, 0.6) is 0 Å². The number of hydrogen-bond donors (Lipinski definition) is 2. The Bertz CT molecular complexity index is 164. The van der Waals surface area contributed by atoms with Crippen LogP contribution >= 0.6 is 0 Å². The van der Waals surface area contributed by atoms with Crippen LogP contribution in [0.2, 0.25) is 0 Å². The van der Waals surface area contributed by atoms with Gasteiger partial charge in [-0.05, 0) is 12.1 Å². The van der Waals surface area contributed by atoms with Crippen LogP contribution in [0.4, 0.5) is 0 Å². The van der Waals surface area contributed by atoms with Crippen LogP contribution in [-0.2, 0) is 13.1 Å². The molecule has 0 saturated carbocycles. The highest BCUT2D eigenvalue weighted by Gasteiger charge is 1.95. The quantitative estimate of drug-likeness (QED) is 0.596. The highest BCUT2D eigenvalue weighted by molar-refractivity contribution is 5.06. The normalized spacial score (nSPS) is 10.0. The Morgan fingerprint density at radius 2 is 1.56 bits per heavy atom. The van der Waals surface area contributed by atoms with Gasteiger partial charge in [0.05, 0.1) is 13.1 Å². The SMILES string of the molecule is NCc1cc[13c](CN)o1. The Kier molecular flexibility index (Phi) is 1.87. The van der Waals surface area contributed by atoms with Crippen molar-refractivity contribution in [3.05, 3.63) is 23.7 Å². The number of nitrogens with two attached hydrogens (primary N) is 2. The maximum atomic E-state index is 5.28. The van der Waals surface area contributed by atoms with Crippen molar-refractivity contribution in [2.45, 2.75) is 13.1 Å². The van der Waals surface area contributed by atoms with Crippen molar-refractivity contribution in [2.75, 3.05) is 0 Å². The van der Waals surface area contributed by atoms with Gasteiger partial charge < -0.3 is 15.9 Å². The largest absolute Gasteiger partial charge is 0.463 e. The summed E-state index contributed by atoms with van der Waals surface area (Å²) in [5, 5.41) is 0. The monoisotopic (exact) mass is 127 g/mol. The Hall–Kier alpha value is -0.800. The van der Waals surface area contributed by atoms with E-state index in [0.717, 1.165) is 11.5 Å². The fourth-order valence-corrected chi connectivity index (χ4v) is 0.642. The molecule has 0 aliphatic rings. The van der Waals surface area contributed by atoms with E-state index < -0.39 is 0 Å². The number of hydrogen-bond acceptors (Lipinski definition) is 3. The van der Waals surface area contributed by atoms with Gasteiger partial charge in [-0.15, -0.1) is 0 Å². The molecule has 3 nitrogen and oxygen atoms in total. The molecule has 1 aromatic heterocycles. The zero-order chi connectivity index (χ0) is 6.69. The third-order valence-electron chi connectivity index (χ3n) is 1.12.